The molecule has 0 radical (unpaired) electrons. The van der Waals surface area contributed by atoms with E-state index in [4.69, 9.17) is 12.2 Å². The minimum atomic E-state index is -0.388. The summed E-state index contributed by atoms with van der Waals surface area (Å²) < 4.78 is 0. The van der Waals surface area contributed by atoms with E-state index < -0.39 is 0 Å². The molecule has 0 saturated heterocycles. The van der Waals surface area contributed by atoms with Gasteiger partial charge in [0.15, 0.2) is 5.11 Å². The molecule has 1 heterocycles. The first-order chi connectivity index (χ1) is 10.6. The molecule has 2 N–H and O–H groups in total. The maximum absolute atomic E-state index is 11.2. The van der Waals surface area contributed by atoms with Crippen LogP contribution in [-0.4, -0.2) is 10.0 Å². The molecular weight excluding hydrogens is 298 g/mol. The third kappa shape index (κ3) is 2.82. The highest BCUT2D eigenvalue weighted by Gasteiger charge is 2.23. The van der Waals surface area contributed by atoms with Gasteiger partial charge in [-0.1, -0.05) is 42.5 Å². The first-order valence-corrected chi connectivity index (χ1v) is 7.14. The van der Waals surface area contributed by atoms with Gasteiger partial charge >= 0.3 is 0 Å². The lowest BCUT2D eigenvalue weighted by Crippen LogP contribution is -2.40. The highest BCUT2D eigenvalue weighted by molar-refractivity contribution is 7.80. The average Bonchev–Trinajstić information content (AvgIpc) is 2.55. The molecule has 0 aliphatic carbocycles. The number of nitro benzene ring substituents is 1. The van der Waals surface area contributed by atoms with Crippen molar-refractivity contribution in [2.45, 2.75) is 6.04 Å². The van der Waals surface area contributed by atoms with Gasteiger partial charge < -0.3 is 10.6 Å². The van der Waals surface area contributed by atoms with Gasteiger partial charge in [-0.2, -0.15) is 0 Å². The normalized spacial score (nSPS) is 17.2. The second-order valence-corrected chi connectivity index (χ2v) is 5.25. The Morgan fingerprint density at radius 3 is 2.45 bits per heavy atom. The highest BCUT2D eigenvalue weighted by Crippen LogP contribution is 2.28. The van der Waals surface area contributed by atoms with Gasteiger partial charge in [-0.25, -0.2) is 0 Å². The second-order valence-electron chi connectivity index (χ2n) is 4.84. The van der Waals surface area contributed by atoms with Crippen LogP contribution >= 0.6 is 12.2 Å². The molecule has 0 bridgehead atoms. The van der Waals surface area contributed by atoms with Crippen molar-refractivity contribution in [3.05, 3.63) is 81.9 Å². The molecule has 0 spiro atoms. The van der Waals surface area contributed by atoms with Crippen molar-refractivity contribution < 1.29 is 4.92 Å². The van der Waals surface area contributed by atoms with Crippen LogP contribution in [0.2, 0.25) is 0 Å². The first-order valence-electron chi connectivity index (χ1n) is 6.73. The molecule has 1 aliphatic rings. The average molecular weight is 311 g/mol. The van der Waals surface area contributed by atoms with Crippen LogP contribution in [-0.2, 0) is 0 Å². The number of benzene rings is 2. The predicted octanol–water partition coefficient (Wildman–Crippen LogP) is 3.15. The third-order valence-electron chi connectivity index (χ3n) is 3.42. The fourth-order valence-corrected chi connectivity index (χ4v) is 2.64. The Morgan fingerprint density at radius 1 is 1.05 bits per heavy atom. The van der Waals surface area contributed by atoms with Crippen molar-refractivity contribution in [3.8, 4) is 0 Å². The van der Waals surface area contributed by atoms with Gasteiger partial charge in [-0.05, 0) is 29.9 Å². The van der Waals surface area contributed by atoms with Crippen molar-refractivity contribution >= 4 is 28.7 Å². The standard InChI is InChI=1S/C16H13N3O2S/c20-19(21)15-9-5-4-8-12(15)14-10-13(17-16(22)18-14)11-6-2-1-3-7-11/h1-10,13H,(H2,17,18,22)/t13-/m1/s1. The van der Waals surface area contributed by atoms with Gasteiger partial charge in [-0.15, -0.1) is 0 Å². The molecule has 1 aliphatic heterocycles. The van der Waals surface area contributed by atoms with Crippen molar-refractivity contribution in [1.29, 1.82) is 0 Å². The SMILES string of the molecule is O=[N+]([O-])c1ccccc1C1=C[C@H](c2ccccc2)NC(=S)N1. The minimum Gasteiger partial charge on any atom is -0.352 e. The zero-order valence-electron chi connectivity index (χ0n) is 11.5. The molecule has 22 heavy (non-hydrogen) atoms. The Hall–Kier alpha value is -2.73. The van der Waals surface area contributed by atoms with E-state index in [1.54, 1.807) is 18.2 Å². The number of hydrogen-bond acceptors (Lipinski definition) is 3. The maximum Gasteiger partial charge on any atom is 0.278 e. The zero-order valence-corrected chi connectivity index (χ0v) is 12.3. The fourth-order valence-electron chi connectivity index (χ4n) is 2.41. The number of nitrogens with zero attached hydrogens (tertiary/aromatic N) is 1. The summed E-state index contributed by atoms with van der Waals surface area (Å²) in [6, 6.07) is 16.3. The van der Waals surface area contributed by atoms with E-state index >= 15 is 0 Å². The number of rotatable bonds is 3. The van der Waals surface area contributed by atoms with E-state index in [9.17, 15) is 10.1 Å². The molecule has 0 saturated carbocycles. The number of nitro groups is 1. The molecule has 0 fully saturated rings. The summed E-state index contributed by atoms with van der Waals surface area (Å²) in [4.78, 5) is 10.8. The second kappa shape index (κ2) is 5.95. The van der Waals surface area contributed by atoms with E-state index in [-0.39, 0.29) is 16.7 Å². The Balaban J connectivity index is 2.05. The Labute approximate surface area is 132 Å². The largest absolute Gasteiger partial charge is 0.352 e. The van der Waals surface area contributed by atoms with Gasteiger partial charge in [-0.3, -0.25) is 10.1 Å². The molecule has 0 amide bonds. The number of hydrogen-bond donors (Lipinski definition) is 2. The van der Waals surface area contributed by atoms with Crippen molar-refractivity contribution in [2.75, 3.05) is 0 Å². The van der Waals surface area contributed by atoms with E-state index in [2.05, 4.69) is 10.6 Å². The van der Waals surface area contributed by atoms with Crippen LogP contribution in [0.25, 0.3) is 5.70 Å². The Bertz CT molecular complexity index is 759. The van der Waals surface area contributed by atoms with Crippen LogP contribution in [0.3, 0.4) is 0 Å². The molecule has 110 valence electrons. The van der Waals surface area contributed by atoms with E-state index in [1.165, 1.54) is 6.07 Å². The quantitative estimate of drug-likeness (QED) is 0.518. The monoisotopic (exact) mass is 311 g/mol. The zero-order chi connectivity index (χ0) is 15.5. The molecule has 2 aromatic carbocycles. The molecular formula is C16H13N3O2S. The van der Waals surface area contributed by atoms with E-state index in [0.29, 0.717) is 16.4 Å². The Morgan fingerprint density at radius 2 is 1.73 bits per heavy atom. The number of para-hydroxylation sites is 1. The lowest BCUT2D eigenvalue weighted by molar-refractivity contribution is -0.385. The maximum atomic E-state index is 11.2. The molecule has 1 atom stereocenters. The van der Waals surface area contributed by atoms with Gasteiger partial charge in [0.1, 0.15) is 0 Å². The summed E-state index contributed by atoms with van der Waals surface area (Å²) in [5, 5.41) is 17.8. The van der Waals surface area contributed by atoms with Crippen LogP contribution in [0.15, 0.2) is 60.7 Å². The highest BCUT2D eigenvalue weighted by atomic mass is 32.1. The lowest BCUT2D eigenvalue weighted by Gasteiger charge is -2.26. The van der Waals surface area contributed by atoms with Crippen LogP contribution in [0.5, 0.6) is 0 Å². The fraction of sp³-hybridized carbons (Fsp3) is 0.0625. The minimum absolute atomic E-state index is 0.0535. The molecule has 2 aromatic rings. The molecule has 0 unspecified atom stereocenters. The lowest BCUT2D eigenvalue weighted by atomic mass is 10.0. The Kier molecular flexibility index (Phi) is 3.84. The molecule has 5 nitrogen and oxygen atoms in total. The summed E-state index contributed by atoms with van der Waals surface area (Å²) in [5.74, 6) is 0. The van der Waals surface area contributed by atoms with Crippen LogP contribution in [0.4, 0.5) is 5.69 Å². The molecule has 0 aromatic heterocycles. The summed E-state index contributed by atoms with van der Waals surface area (Å²) in [6.45, 7) is 0. The van der Waals surface area contributed by atoms with Crippen LogP contribution in [0, 0.1) is 10.1 Å². The van der Waals surface area contributed by atoms with Crippen molar-refractivity contribution in [1.82, 2.24) is 10.6 Å². The number of thiocarbonyl (C=S) groups is 1. The predicted molar refractivity (Wildman–Crippen MR) is 89.1 cm³/mol. The van der Waals surface area contributed by atoms with Gasteiger partial charge in [0, 0.05) is 6.07 Å². The third-order valence-corrected chi connectivity index (χ3v) is 3.64. The smallest absolute Gasteiger partial charge is 0.278 e. The van der Waals surface area contributed by atoms with Gasteiger partial charge in [0.2, 0.25) is 0 Å². The summed E-state index contributed by atoms with van der Waals surface area (Å²) in [7, 11) is 0. The molecule has 3 rings (SSSR count). The summed E-state index contributed by atoms with van der Waals surface area (Å²) >= 11 is 5.24. The number of nitrogens with one attached hydrogen (secondary N) is 2. The van der Waals surface area contributed by atoms with Crippen LogP contribution < -0.4 is 10.6 Å². The van der Waals surface area contributed by atoms with E-state index in [0.717, 1.165) is 5.56 Å². The molecule has 6 heteroatoms. The van der Waals surface area contributed by atoms with E-state index in [1.807, 2.05) is 36.4 Å². The van der Waals surface area contributed by atoms with Crippen molar-refractivity contribution in [3.63, 3.8) is 0 Å². The van der Waals surface area contributed by atoms with Gasteiger partial charge in [0.25, 0.3) is 5.69 Å². The topological polar surface area (TPSA) is 67.2 Å². The summed E-state index contributed by atoms with van der Waals surface area (Å²) in [5.41, 5.74) is 2.27. The van der Waals surface area contributed by atoms with Gasteiger partial charge in [0.05, 0.1) is 22.2 Å². The first kappa shape index (κ1) is 14.2. The summed E-state index contributed by atoms with van der Waals surface area (Å²) in [6.07, 6.45) is 1.91. The van der Waals surface area contributed by atoms with Crippen molar-refractivity contribution in [2.24, 2.45) is 0 Å². The van der Waals surface area contributed by atoms with Crippen LogP contribution in [0.1, 0.15) is 17.2 Å².